The second-order valence-corrected chi connectivity index (χ2v) is 3.86. The summed E-state index contributed by atoms with van der Waals surface area (Å²) < 4.78 is 5.21. The Morgan fingerprint density at radius 3 is 3.31 bits per heavy atom. The molecular weight excluding hydrogens is 164 g/mol. The highest BCUT2D eigenvalue weighted by molar-refractivity contribution is 5.21. The number of rotatable bonds is 2. The summed E-state index contributed by atoms with van der Waals surface area (Å²) >= 11 is 0. The third-order valence-electron chi connectivity index (χ3n) is 2.67. The van der Waals surface area contributed by atoms with E-state index >= 15 is 0 Å². The number of hydrogen-bond donors (Lipinski definition) is 1. The Morgan fingerprint density at radius 2 is 2.54 bits per heavy atom. The molecule has 72 valence electrons. The van der Waals surface area contributed by atoms with Crippen LogP contribution in [0.1, 0.15) is 37.6 Å². The first-order valence-corrected chi connectivity index (χ1v) is 4.98. The second-order valence-electron chi connectivity index (χ2n) is 3.86. The van der Waals surface area contributed by atoms with Gasteiger partial charge in [0.2, 0.25) is 0 Å². The maximum absolute atomic E-state index is 5.21. The molecule has 0 radical (unpaired) electrons. The molecule has 0 aromatic carbocycles. The van der Waals surface area contributed by atoms with Crippen molar-refractivity contribution in [3.8, 4) is 0 Å². The average molecular weight is 180 g/mol. The van der Waals surface area contributed by atoms with Crippen molar-refractivity contribution in [1.82, 2.24) is 10.5 Å². The van der Waals surface area contributed by atoms with Gasteiger partial charge in [-0.1, -0.05) is 19.0 Å². The maximum atomic E-state index is 5.21. The summed E-state index contributed by atoms with van der Waals surface area (Å²) in [5, 5.41) is 7.31. The van der Waals surface area contributed by atoms with Gasteiger partial charge in [-0.3, -0.25) is 0 Å². The molecule has 1 heterocycles. The molecule has 1 aliphatic carbocycles. The minimum atomic E-state index is 0.454. The molecule has 1 aromatic heterocycles. The molecule has 1 aromatic rings. The Bertz CT molecular complexity index is 282. The maximum Gasteiger partial charge on any atom is 0.141 e. The van der Waals surface area contributed by atoms with Gasteiger partial charge in [0.25, 0.3) is 0 Å². The van der Waals surface area contributed by atoms with E-state index in [1.54, 1.807) is 0 Å². The van der Waals surface area contributed by atoms with Crippen LogP contribution >= 0.6 is 0 Å². The van der Waals surface area contributed by atoms with Crippen LogP contribution in [0.2, 0.25) is 0 Å². The molecule has 0 saturated carbocycles. The highest BCUT2D eigenvalue weighted by atomic mass is 16.5. The van der Waals surface area contributed by atoms with Crippen LogP contribution in [0, 0.1) is 5.92 Å². The first-order chi connectivity index (χ1) is 6.31. The molecule has 2 atom stereocenters. The normalized spacial score (nSPS) is 27.2. The number of aromatic nitrogens is 1. The SMILES string of the molecule is CCNC1CC(C)Cc2oncc21. The molecule has 3 nitrogen and oxygen atoms in total. The van der Waals surface area contributed by atoms with Crippen molar-refractivity contribution in [3.63, 3.8) is 0 Å². The average Bonchev–Trinajstić information content (AvgIpc) is 2.52. The van der Waals surface area contributed by atoms with Crippen LogP contribution < -0.4 is 5.32 Å². The zero-order valence-electron chi connectivity index (χ0n) is 8.21. The Hall–Kier alpha value is -0.830. The van der Waals surface area contributed by atoms with Gasteiger partial charge in [-0.05, 0) is 18.9 Å². The van der Waals surface area contributed by atoms with E-state index in [1.807, 2.05) is 6.20 Å². The summed E-state index contributed by atoms with van der Waals surface area (Å²) in [5.74, 6) is 1.77. The molecule has 0 aliphatic heterocycles. The number of nitrogens with one attached hydrogen (secondary N) is 1. The fourth-order valence-electron chi connectivity index (χ4n) is 2.08. The lowest BCUT2D eigenvalue weighted by molar-refractivity contribution is 0.316. The van der Waals surface area contributed by atoms with Crippen molar-refractivity contribution >= 4 is 0 Å². The fourth-order valence-corrected chi connectivity index (χ4v) is 2.08. The monoisotopic (exact) mass is 180 g/mol. The largest absolute Gasteiger partial charge is 0.361 e. The second kappa shape index (κ2) is 3.50. The van der Waals surface area contributed by atoms with Gasteiger partial charge in [0.05, 0.1) is 6.20 Å². The molecule has 2 rings (SSSR count). The Kier molecular flexibility index (Phi) is 2.36. The summed E-state index contributed by atoms with van der Waals surface area (Å²) in [6.07, 6.45) is 4.09. The molecule has 0 bridgehead atoms. The lowest BCUT2D eigenvalue weighted by Gasteiger charge is -2.25. The number of fused-ring (bicyclic) bond motifs is 1. The van der Waals surface area contributed by atoms with Gasteiger partial charge < -0.3 is 9.84 Å². The first-order valence-electron chi connectivity index (χ1n) is 4.98. The first kappa shape index (κ1) is 8.75. The van der Waals surface area contributed by atoms with Crippen molar-refractivity contribution in [1.29, 1.82) is 0 Å². The molecule has 0 amide bonds. The zero-order valence-corrected chi connectivity index (χ0v) is 8.21. The molecule has 3 heteroatoms. The van der Waals surface area contributed by atoms with Crippen LogP contribution in [0.4, 0.5) is 0 Å². The van der Waals surface area contributed by atoms with Crippen LogP contribution in [0.3, 0.4) is 0 Å². The van der Waals surface area contributed by atoms with E-state index in [2.05, 4.69) is 24.3 Å². The van der Waals surface area contributed by atoms with E-state index in [4.69, 9.17) is 4.52 Å². The van der Waals surface area contributed by atoms with E-state index in [-0.39, 0.29) is 0 Å². The van der Waals surface area contributed by atoms with E-state index in [9.17, 15) is 0 Å². The predicted molar refractivity (Wildman–Crippen MR) is 50.4 cm³/mol. The van der Waals surface area contributed by atoms with Crippen LogP contribution in [0.5, 0.6) is 0 Å². The molecule has 0 fully saturated rings. The van der Waals surface area contributed by atoms with Crippen molar-refractivity contribution in [2.24, 2.45) is 5.92 Å². The zero-order chi connectivity index (χ0) is 9.26. The van der Waals surface area contributed by atoms with Crippen LogP contribution in [-0.2, 0) is 6.42 Å². The van der Waals surface area contributed by atoms with E-state index in [1.165, 1.54) is 12.0 Å². The number of nitrogens with zero attached hydrogens (tertiary/aromatic N) is 1. The lowest BCUT2D eigenvalue weighted by Crippen LogP contribution is -2.27. The highest BCUT2D eigenvalue weighted by Gasteiger charge is 2.26. The lowest BCUT2D eigenvalue weighted by atomic mass is 9.86. The van der Waals surface area contributed by atoms with Gasteiger partial charge >= 0.3 is 0 Å². The van der Waals surface area contributed by atoms with Gasteiger partial charge in [-0.25, -0.2) is 0 Å². The fraction of sp³-hybridized carbons (Fsp3) is 0.700. The summed E-state index contributed by atoms with van der Waals surface area (Å²) in [7, 11) is 0. The van der Waals surface area contributed by atoms with Gasteiger partial charge in [0, 0.05) is 18.0 Å². The van der Waals surface area contributed by atoms with E-state index < -0.39 is 0 Å². The standard InChI is InChI=1S/C10H16N2O/c1-3-11-9-4-7(2)5-10-8(9)6-12-13-10/h6-7,9,11H,3-5H2,1-2H3. The molecule has 0 saturated heterocycles. The molecule has 1 aliphatic rings. The molecule has 13 heavy (non-hydrogen) atoms. The smallest absolute Gasteiger partial charge is 0.141 e. The quantitative estimate of drug-likeness (QED) is 0.755. The van der Waals surface area contributed by atoms with Crippen LogP contribution in [0.15, 0.2) is 10.7 Å². The van der Waals surface area contributed by atoms with Crippen molar-refractivity contribution in [2.75, 3.05) is 6.54 Å². The summed E-state index contributed by atoms with van der Waals surface area (Å²) in [5.41, 5.74) is 1.26. The van der Waals surface area contributed by atoms with Gasteiger partial charge in [0.1, 0.15) is 5.76 Å². The van der Waals surface area contributed by atoms with E-state index in [0.29, 0.717) is 12.0 Å². The predicted octanol–water partition coefficient (Wildman–Crippen LogP) is 1.91. The number of hydrogen-bond acceptors (Lipinski definition) is 3. The molecule has 0 spiro atoms. The third-order valence-corrected chi connectivity index (χ3v) is 2.67. The molecule has 2 unspecified atom stereocenters. The Balaban J connectivity index is 2.22. The van der Waals surface area contributed by atoms with Gasteiger partial charge in [-0.15, -0.1) is 0 Å². The van der Waals surface area contributed by atoms with Gasteiger partial charge in [-0.2, -0.15) is 0 Å². The minimum Gasteiger partial charge on any atom is -0.361 e. The highest BCUT2D eigenvalue weighted by Crippen LogP contribution is 2.32. The van der Waals surface area contributed by atoms with Crippen molar-refractivity contribution < 1.29 is 4.52 Å². The van der Waals surface area contributed by atoms with Crippen LogP contribution in [0.25, 0.3) is 0 Å². The topological polar surface area (TPSA) is 38.1 Å². The summed E-state index contributed by atoms with van der Waals surface area (Å²) in [6.45, 7) is 5.39. The summed E-state index contributed by atoms with van der Waals surface area (Å²) in [6, 6.07) is 0.454. The van der Waals surface area contributed by atoms with Crippen LogP contribution in [-0.4, -0.2) is 11.7 Å². The third kappa shape index (κ3) is 1.61. The van der Waals surface area contributed by atoms with E-state index in [0.717, 1.165) is 18.7 Å². The summed E-state index contributed by atoms with van der Waals surface area (Å²) in [4.78, 5) is 0. The molecular formula is C10H16N2O. The Labute approximate surface area is 78.5 Å². The molecule has 1 N–H and O–H groups in total. The minimum absolute atomic E-state index is 0.454. The Morgan fingerprint density at radius 1 is 1.69 bits per heavy atom. The van der Waals surface area contributed by atoms with Crippen molar-refractivity contribution in [3.05, 3.63) is 17.5 Å². The van der Waals surface area contributed by atoms with Crippen molar-refractivity contribution in [2.45, 2.75) is 32.7 Å². The van der Waals surface area contributed by atoms with Gasteiger partial charge in [0.15, 0.2) is 0 Å².